The van der Waals surface area contributed by atoms with Crippen LogP contribution in [0.2, 0.25) is 0 Å². The molecule has 0 aliphatic heterocycles. The molecule has 0 aliphatic carbocycles. The summed E-state index contributed by atoms with van der Waals surface area (Å²) in [7, 11) is 3.57. The minimum Gasteiger partial charge on any atom is -0.328 e. The quantitative estimate of drug-likeness (QED) is 0.723. The number of aryl methyl sites for hydroxylation is 1. The van der Waals surface area contributed by atoms with Crippen LogP contribution in [0.4, 0.5) is 4.79 Å². The highest BCUT2D eigenvalue weighted by Crippen LogP contribution is 2.19. The molecule has 0 radical (unpaired) electrons. The van der Waals surface area contributed by atoms with Gasteiger partial charge >= 0.3 is 6.03 Å². The highest BCUT2D eigenvalue weighted by Gasteiger charge is 2.22. The van der Waals surface area contributed by atoms with Crippen LogP contribution in [0.15, 0.2) is 36.8 Å². The number of carbonyl (C=O) groups excluding carboxylic acids is 1. The number of para-hydroxylation sites is 2. The summed E-state index contributed by atoms with van der Waals surface area (Å²) in [5.74, 6) is 1.15. The van der Waals surface area contributed by atoms with Crippen LogP contribution in [0, 0.1) is 5.92 Å². The van der Waals surface area contributed by atoms with Crippen molar-refractivity contribution in [1.29, 1.82) is 0 Å². The van der Waals surface area contributed by atoms with Gasteiger partial charge in [-0.25, -0.2) is 14.8 Å². The molecule has 0 unspecified atom stereocenters. The van der Waals surface area contributed by atoms with Crippen LogP contribution in [0.1, 0.15) is 37.8 Å². The standard InChI is InChI=1S/C19H25N7O/c1-13(2)9-17(18-21-12-22-26(18)4)24-19(27)25(3)11-14-10-20-15-7-5-6-8-16(15)23-14/h5-8,10,12-13,17H,9,11H2,1-4H3,(H,24,27)/t17-/m1/s1. The molecule has 0 spiro atoms. The fourth-order valence-electron chi connectivity index (χ4n) is 2.97. The van der Waals surface area contributed by atoms with Gasteiger partial charge in [-0.3, -0.25) is 9.67 Å². The number of fused-ring (bicyclic) bond motifs is 1. The first-order valence-electron chi connectivity index (χ1n) is 9.00. The number of urea groups is 1. The summed E-state index contributed by atoms with van der Waals surface area (Å²) in [5, 5.41) is 7.18. The number of nitrogens with one attached hydrogen (secondary N) is 1. The molecule has 3 aromatic rings. The molecule has 0 bridgehead atoms. The van der Waals surface area contributed by atoms with E-state index in [-0.39, 0.29) is 12.1 Å². The van der Waals surface area contributed by atoms with E-state index in [1.54, 1.807) is 22.8 Å². The second-order valence-corrected chi connectivity index (χ2v) is 7.08. The van der Waals surface area contributed by atoms with E-state index in [4.69, 9.17) is 0 Å². The summed E-state index contributed by atoms with van der Waals surface area (Å²) in [6, 6.07) is 7.30. The van der Waals surface area contributed by atoms with Crippen LogP contribution in [0.25, 0.3) is 11.0 Å². The molecule has 0 aliphatic rings. The second kappa shape index (κ2) is 8.11. The van der Waals surface area contributed by atoms with Crippen LogP contribution in [-0.2, 0) is 13.6 Å². The Balaban J connectivity index is 1.70. The van der Waals surface area contributed by atoms with Crippen LogP contribution < -0.4 is 5.32 Å². The number of carbonyl (C=O) groups is 1. The molecule has 8 heteroatoms. The SMILES string of the molecule is CC(C)C[C@@H](NC(=O)N(C)Cc1cnc2ccccc2n1)c1ncnn1C. The first-order chi connectivity index (χ1) is 12.9. The van der Waals surface area contributed by atoms with E-state index in [1.807, 2.05) is 31.3 Å². The van der Waals surface area contributed by atoms with Crippen LogP contribution in [-0.4, -0.2) is 42.7 Å². The van der Waals surface area contributed by atoms with E-state index in [2.05, 4.69) is 39.2 Å². The largest absolute Gasteiger partial charge is 0.328 e. The van der Waals surface area contributed by atoms with E-state index in [0.29, 0.717) is 12.5 Å². The van der Waals surface area contributed by atoms with E-state index in [0.717, 1.165) is 29.0 Å². The Morgan fingerprint density at radius 2 is 1.96 bits per heavy atom. The summed E-state index contributed by atoms with van der Waals surface area (Å²) in [5.41, 5.74) is 2.40. The average molecular weight is 367 g/mol. The molecule has 0 fully saturated rings. The zero-order valence-corrected chi connectivity index (χ0v) is 16.1. The van der Waals surface area contributed by atoms with Crippen LogP contribution in [0.5, 0.6) is 0 Å². The maximum atomic E-state index is 12.7. The Hall–Kier alpha value is -3.03. The van der Waals surface area contributed by atoms with Crippen molar-refractivity contribution in [3.8, 4) is 0 Å². The monoisotopic (exact) mass is 367 g/mol. The van der Waals surface area contributed by atoms with Crippen LogP contribution >= 0.6 is 0 Å². The Kier molecular flexibility index (Phi) is 5.63. The average Bonchev–Trinajstić information content (AvgIpc) is 3.06. The number of aromatic nitrogens is 5. The molecule has 0 saturated heterocycles. The molecule has 2 heterocycles. The molecular weight excluding hydrogens is 342 g/mol. The van der Waals surface area contributed by atoms with Gasteiger partial charge in [-0.05, 0) is 24.5 Å². The van der Waals surface area contributed by atoms with E-state index >= 15 is 0 Å². The van der Waals surface area contributed by atoms with Gasteiger partial charge in [0.25, 0.3) is 0 Å². The summed E-state index contributed by atoms with van der Waals surface area (Å²) in [6.45, 7) is 4.60. The van der Waals surface area contributed by atoms with Gasteiger partial charge in [-0.1, -0.05) is 26.0 Å². The minimum absolute atomic E-state index is 0.182. The van der Waals surface area contributed by atoms with Crippen molar-refractivity contribution < 1.29 is 4.79 Å². The molecule has 1 atom stereocenters. The van der Waals surface area contributed by atoms with Gasteiger partial charge in [0, 0.05) is 14.1 Å². The van der Waals surface area contributed by atoms with Crippen molar-refractivity contribution in [2.45, 2.75) is 32.9 Å². The number of amides is 2. The predicted molar refractivity (Wildman–Crippen MR) is 103 cm³/mol. The molecule has 1 aromatic carbocycles. The number of nitrogens with zero attached hydrogens (tertiary/aromatic N) is 6. The molecule has 1 N–H and O–H groups in total. The maximum absolute atomic E-state index is 12.7. The van der Waals surface area contributed by atoms with Crippen molar-refractivity contribution >= 4 is 17.1 Å². The Morgan fingerprint density at radius 1 is 1.22 bits per heavy atom. The minimum atomic E-state index is -0.199. The molecule has 2 aromatic heterocycles. The lowest BCUT2D eigenvalue weighted by atomic mass is 10.0. The van der Waals surface area contributed by atoms with Gasteiger partial charge in [0.15, 0.2) is 0 Å². The van der Waals surface area contributed by atoms with E-state index < -0.39 is 0 Å². The lowest BCUT2D eigenvalue weighted by molar-refractivity contribution is 0.199. The van der Waals surface area contributed by atoms with Gasteiger partial charge in [0.05, 0.1) is 35.5 Å². The lowest BCUT2D eigenvalue weighted by Gasteiger charge is -2.24. The summed E-state index contributed by atoms with van der Waals surface area (Å²) >= 11 is 0. The van der Waals surface area contributed by atoms with Gasteiger partial charge in [-0.15, -0.1) is 0 Å². The number of rotatable bonds is 6. The third-order valence-corrected chi connectivity index (χ3v) is 4.31. The fraction of sp³-hybridized carbons (Fsp3) is 0.421. The third kappa shape index (κ3) is 4.58. The van der Waals surface area contributed by atoms with Crippen molar-refractivity contribution in [2.75, 3.05) is 7.05 Å². The molecule has 27 heavy (non-hydrogen) atoms. The topological polar surface area (TPSA) is 88.8 Å². The first kappa shape index (κ1) is 18.8. The lowest BCUT2D eigenvalue weighted by Crippen LogP contribution is -2.40. The molecule has 8 nitrogen and oxygen atoms in total. The Morgan fingerprint density at radius 3 is 2.63 bits per heavy atom. The zero-order chi connectivity index (χ0) is 19.4. The normalized spacial score (nSPS) is 12.3. The highest BCUT2D eigenvalue weighted by molar-refractivity contribution is 5.75. The Bertz CT molecular complexity index is 921. The summed E-state index contributed by atoms with van der Waals surface area (Å²) in [6.07, 6.45) is 3.99. The van der Waals surface area contributed by atoms with Gasteiger partial charge in [0.2, 0.25) is 0 Å². The van der Waals surface area contributed by atoms with Crippen LogP contribution in [0.3, 0.4) is 0 Å². The summed E-state index contributed by atoms with van der Waals surface area (Å²) < 4.78 is 1.70. The maximum Gasteiger partial charge on any atom is 0.318 e. The molecule has 142 valence electrons. The number of hydrogen-bond donors (Lipinski definition) is 1. The molecule has 2 amide bonds. The highest BCUT2D eigenvalue weighted by atomic mass is 16.2. The predicted octanol–water partition coefficient (Wildman–Crippen LogP) is 2.69. The van der Waals surface area contributed by atoms with E-state index in [9.17, 15) is 4.79 Å². The fourth-order valence-corrected chi connectivity index (χ4v) is 2.97. The van der Waals surface area contributed by atoms with E-state index in [1.165, 1.54) is 6.33 Å². The van der Waals surface area contributed by atoms with Crippen molar-refractivity contribution in [3.05, 3.63) is 48.3 Å². The summed E-state index contributed by atoms with van der Waals surface area (Å²) in [4.78, 5) is 27.6. The number of benzene rings is 1. The van der Waals surface area contributed by atoms with Crippen molar-refractivity contribution in [2.24, 2.45) is 13.0 Å². The molecule has 0 saturated carbocycles. The zero-order valence-electron chi connectivity index (χ0n) is 16.1. The van der Waals surface area contributed by atoms with Gasteiger partial charge in [0.1, 0.15) is 12.2 Å². The third-order valence-electron chi connectivity index (χ3n) is 4.31. The first-order valence-corrected chi connectivity index (χ1v) is 9.00. The van der Waals surface area contributed by atoms with Crippen molar-refractivity contribution in [1.82, 2.24) is 34.9 Å². The smallest absolute Gasteiger partial charge is 0.318 e. The van der Waals surface area contributed by atoms with Gasteiger partial charge in [-0.2, -0.15) is 5.10 Å². The van der Waals surface area contributed by atoms with Crippen molar-refractivity contribution in [3.63, 3.8) is 0 Å². The molecule has 3 rings (SSSR count). The Labute approximate surface area is 158 Å². The number of hydrogen-bond acceptors (Lipinski definition) is 5. The second-order valence-electron chi connectivity index (χ2n) is 7.08. The molecular formula is C19H25N7O. The van der Waals surface area contributed by atoms with Gasteiger partial charge < -0.3 is 10.2 Å².